The van der Waals surface area contributed by atoms with Crippen molar-refractivity contribution in [2.45, 2.75) is 32.9 Å². The molecule has 1 atom stereocenters. The van der Waals surface area contributed by atoms with Crippen LogP contribution in [0.3, 0.4) is 0 Å². The summed E-state index contributed by atoms with van der Waals surface area (Å²) in [5, 5.41) is 3.17. The largest absolute Gasteiger partial charge is 0.336 e. The number of hydrogen-bond donors (Lipinski definition) is 1. The molecule has 3 heteroatoms. The highest BCUT2D eigenvalue weighted by atomic mass is 16.2. The summed E-state index contributed by atoms with van der Waals surface area (Å²) in [5.74, 6) is 0.197. The Kier molecular flexibility index (Phi) is 3.79. The maximum absolute atomic E-state index is 11.7. The van der Waals surface area contributed by atoms with E-state index in [-0.39, 0.29) is 5.91 Å². The normalized spacial score (nSPS) is 20.7. The van der Waals surface area contributed by atoms with Crippen LogP contribution in [0.15, 0.2) is 24.3 Å². The molecule has 1 amide bonds. The van der Waals surface area contributed by atoms with Gasteiger partial charge in [0.05, 0.1) is 6.54 Å². The van der Waals surface area contributed by atoms with Gasteiger partial charge in [-0.15, -0.1) is 0 Å². The lowest BCUT2D eigenvalue weighted by Crippen LogP contribution is -2.52. The average Bonchev–Trinajstić information content (AvgIpc) is 2.35. The zero-order valence-corrected chi connectivity index (χ0v) is 10.6. The molecule has 1 aromatic rings. The summed E-state index contributed by atoms with van der Waals surface area (Å²) in [6.07, 6.45) is 1.06. The molecule has 0 aromatic heterocycles. The fourth-order valence-corrected chi connectivity index (χ4v) is 2.12. The van der Waals surface area contributed by atoms with Crippen LogP contribution >= 0.6 is 0 Å². The summed E-state index contributed by atoms with van der Waals surface area (Å²) in [4.78, 5) is 13.7. The molecule has 0 saturated carbocycles. The van der Waals surface area contributed by atoms with Crippen LogP contribution in [-0.2, 0) is 17.8 Å². The van der Waals surface area contributed by atoms with E-state index in [9.17, 15) is 4.79 Å². The molecule has 1 aromatic carbocycles. The molecular weight excluding hydrogens is 212 g/mol. The highest BCUT2D eigenvalue weighted by Crippen LogP contribution is 2.10. The predicted octanol–water partition coefficient (Wildman–Crippen LogP) is 1.57. The number of piperazine rings is 1. The second kappa shape index (κ2) is 5.32. The van der Waals surface area contributed by atoms with E-state index in [4.69, 9.17) is 0 Å². The smallest absolute Gasteiger partial charge is 0.236 e. The van der Waals surface area contributed by atoms with Crippen LogP contribution in [0, 0.1) is 0 Å². The van der Waals surface area contributed by atoms with Crippen molar-refractivity contribution in [2.24, 2.45) is 0 Å². The Morgan fingerprint density at radius 2 is 1.94 bits per heavy atom. The van der Waals surface area contributed by atoms with E-state index >= 15 is 0 Å². The first-order valence-electron chi connectivity index (χ1n) is 6.28. The minimum absolute atomic E-state index is 0.197. The lowest BCUT2D eigenvalue weighted by atomic mass is 10.1. The van der Waals surface area contributed by atoms with Gasteiger partial charge >= 0.3 is 0 Å². The molecule has 3 nitrogen and oxygen atoms in total. The summed E-state index contributed by atoms with van der Waals surface area (Å²) < 4.78 is 0. The zero-order chi connectivity index (χ0) is 12.3. The summed E-state index contributed by atoms with van der Waals surface area (Å²) in [7, 11) is 0. The number of hydrogen-bond acceptors (Lipinski definition) is 2. The van der Waals surface area contributed by atoms with Crippen molar-refractivity contribution in [1.82, 2.24) is 10.2 Å². The van der Waals surface area contributed by atoms with Gasteiger partial charge in [-0.2, -0.15) is 0 Å². The van der Waals surface area contributed by atoms with Gasteiger partial charge < -0.3 is 10.2 Å². The van der Waals surface area contributed by atoms with Crippen LogP contribution in [0.4, 0.5) is 0 Å². The van der Waals surface area contributed by atoms with Crippen LogP contribution in [0.2, 0.25) is 0 Å². The molecular formula is C14H20N2O. The molecule has 0 unspecified atom stereocenters. The number of carbonyl (C=O) groups excluding carboxylic acids is 1. The van der Waals surface area contributed by atoms with Crippen LogP contribution in [0.1, 0.15) is 25.0 Å². The SMILES string of the molecule is CCc1ccc(CN2C[C@H](C)NCC2=O)cc1. The van der Waals surface area contributed by atoms with Crippen LogP contribution in [0.5, 0.6) is 0 Å². The minimum atomic E-state index is 0.197. The Morgan fingerprint density at radius 3 is 2.59 bits per heavy atom. The Balaban J connectivity index is 2.01. The molecule has 1 fully saturated rings. The number of rotatable bonds is 3. The molecule has 17 heavy (non-hydrogen) atoms. The number of nitrogens with one attached hydrogen (secondary N) is 1. The van der Waals surface area contributed by atoms with Gasteiger partial charge in [-0.25, -0.2) is 0 Å². The van der Waals surface area contributed by atoms with Gasteiger partial charge in [0.1, 0.15) is 0 Å². The van der Waals surface area contributed by atoms with Gasteiger partial charge in [0.2, 0.25) is 5.91 Å². The van der Waals surface area contributed by atoms with Crippen molar-refractivity contribution in [3.05, 3.63) is 35.4 Å². The molecule has 0 spiro atoms. The summed E-state index contributed by atoms with van der Waals surface area (Å²) in [6, 6.07) is 8.93. The quantitative estimate of drug-likeness (QED) is 0.858. The first-order valence-corrected chi connectivity index (χ1v) is 6.28. The van der Waals surface area contributed by atoms with Crippen LogP contribution in [0.25, 0.3) is 0 Å². The number of amides is 1. The number of aryl methyl sites for hydroxylation is 1. The Labute approximate surface area is 103 Å². The molecule has 2 rings (SSSR count). The van der Waals surface area contributed by atoms with Gasteiger partial charge in [-0.05, 0) is 24.5 Å². The third kappa shape index (κ3) is 3.07. The summed E-state index contributed by atoms with van der Waals surface area (Å²) in [6.45, 7) is 6.26. The predicted molar refractivity (Wildman–Crippen MR) is 68.7 cm³/mol. The van der Waals surface area contributed by atoms with E-state index in [2.05, 4.69) is 43.4 Å². The van der Waals surface area contributed by atoms with Gasteiger partial charge in [-0.1, -0.05) is 31.2 Å². The number of nitrogens with zero attached hydrogens (tertiary/aromatic N) is 1. The summed E-state index contributed by atoms with van der Waals surface area (Å²) >= 11 is 0. The fourth-order valence-electron chi connectivity index (χ4n) is 2.12. The molecule has 0 aliphatic carbocycles. The monoisotopic (exact) mass is 232 g/mol. The lowest BCUT2D eigenvalue weighted by molar-refractivity contribution is -0.133. The Morgan fingerprint density at radius 1 is 1.29 bits per heavy atom. The molecule has 92 valence electrons. The van der Waals surface area contributed by atoms with Crippen molar-refractivity contribution in [1.29, 1.82) is 0 Å². The van der Waals surface area contributed by atoms with Crippen molar-refractivity contribution in [2.75, 3.05) is 13.1 Å². The first kappa shape index (κ1) is 12.1. The first-order chi connectivity index (χ1) is 8.19. The van der Waals surface area contributed by atoms with Gasteiger partial charge in [0, 0.05) is 19.1 Å². The van der Waals surface area contributed by atoms with E-state index in [0.29, 0.717) is 12.6 Å². The summed E-state index contributed by atoms with van der Waals surface area (Å²) in [5.41, 5.74) is 2.55. The van der Waals surface area contributed by atoms with Gasteiger partial charge in [0.25, 0.3) is 0 Å². The fraction of sp³-hybridized carbons (Fsp3) is 0.500. The highest BCUT2D eigenvalue weighted by molar-refractivity contribution is 5.79. The molecule has 0 bridgehead atoms. The van der Waals surface area contributed by atoms with Gasteiger partial charge in [-0.3, -0.25) is 4.79 Å². The lowest BCUT2D eigenvalue weighted by Gasteiger charge is -2.31. The molecule has 1 aliphatic heterocycles. The zero-order valence-electron chi connectivity index (χ0n) is 10.6. The van der Waals surface area contributed by atoms with Crippen LogP contribution in [-0.4, -0.2) is 29.9 Å². The third-order valence-electron chi connectivity index (χ3n) is 3.25. The highest BCUT2D eigenvalue weighted by Gasteiger charge is 2.21. The van der Waals surface area contributed by atoms with Crippen molar-refractivity contribution < 1.29 is 4.79 Å². The van der Waals surface area contributed by atoms with Crippen molar-refractivity contribution in [3.63, 3.8) is 0 Å². The van der Waals surface area contributed by atoms with E-state index in [0.717, 1.165) is 19.5 Å². The second-order valence-corrected chi connectivity index (χ2v) is 4.73. The maximum atomic E-state index is 11.7. The van der Waals surface area contributed by atoms with E-state index < -0.39 is 0 Å². The average molecular weight is 232 g/mol. The molecule has 1 heterocycles. The van der Waals surface area contributed by atoms with E-state index in [1.165, 1.54) is 11.1 Å². The topological polar surface area (TPSA) is 32.3 Å². The van der Waals surface area contributed by atoms with E-state index in [1.54, 1.807) is 0 Å². The molecule has 0 radical (unpaired) electrons. The van der Waals surface area contributed by atoms with E-state index in [1.807, 2.05) is 4.90 Å². The number of benzene rings is 1. The maximum Gasteiger partial charge on any atom is 0.236 e. The van der Waals surface area contributed by atoms with Crippen LogP contribution < -0.4 is 5.32 Å². The number of carbonyl (C=O) groups is 1. The molecule has 1 aliphatic rings. The second-order valence-electron chi connectivity index (χ2n) is 4.73. The Hall–Kier alpha value is -1.35. The van der Waals surface area contributed by atoms with Crippen molar-refractivity contribution >= 4 is 5.91 Å². The third-order valence-corrected chi connectivity index (χ3v) is 3.25. The molecule has 1 N–H and O–H groups in total. The Bertz CT molecular complexity index is 386. The molecule has 1 saturated heterocycles. The van der Waals surface area contributed by atoms with Crippen molar-refractivity contribution in [3.8, 4) is 0 Å². The standard InChI is InChI=1S/C14H20N2O/c1-3-12-4-6-13(7-5-12)10-16-9-11(2)15-8-14(16)17/h4-7,11,15H,3,8-10H2,1-2H3/t11-/m0/s1. The minimum Gasteiger partial charge on any atom is -0.336 e. The van der Waals surface area contributed by atoms with Gasteiger partial charge in [0.15, 0.2) is 0 Å².